The number of halogens is 1. The van der Waals surface area contributed by atoms with Crippen LogP contribution in [0.1, 0.15) is 44.4 Å². The SMILES string of the molecule is Cl.[2H]C([2H])([2H])C([2H])([2H])NC1C2CCC(C2)C1c1ccccc1. The van der Waals surface area contributed by atoms with Gasteiger partial charge in [0, 0.05) is 18.8 Å². The largest absolute Gasteiger partial charge is 0.313 e. The van der Waals surface area contributed by atoms with Crippen LogP contribution in [0.25, 0.3) is 0 Å². The lowest BCUT2D eigenvalue weighted by Crippen LogP contribution is -2.39. The lowest BCUT2D eigenvalue weighted by atomic mass is 9.80. The maximum atomic E-state index is 7.87. The number of rotatable bonds is 3. The lowest BCUT2D eigenvalue weighted by molar-refractivity contribution is 0.315. The van der Waals surface area contributed by atoms with Gasteiger partial charge in [-0.2, -0.15) is 0 Å². The molecule has 0 saturated heterocycles. The Morgan fingerprint density at radius 3 is 2.82 bits per heavy atom. The number of fused-ring (bicyclic) bond motifs is 2. The van der Waals surface area contributed by atoms with E-state index >= 15 is 0 Å². The van der Waals surface area contributed by atoms with E-state index in [4.69, 9.17) is 6.85 Å². The summed E-state index contributed by atoms with van der Waals surface area (Å²) >= 11 is 0. The number of hydrogen-bond acceptors (Lipinski definition) is 1. The van der Waals surface area contributed by atoms with Gasteiger partial charge in [-0.1, -0.05) is 37.2 Å². The van der Waals surface area contributed by atoms with Crippen molar-refractivity contribution in [1.82, 2.24) is 5.32 Å². The van der Waals surface area contributed by atoms with Crippen LogP contribution in [0.15, 0.2) is 30.3 Å². The fourth-order valence-corrected chi connectivity index (χ4v) is 3.74. The van der Waals surface area contributed by atoms with Crippen LogP contribution in [-0.2, 0) is 0 Å². The summed E-state index contributed by atoms with van der Waals surface area (Å²) in [6.07, 6.45) is 3.32. The van der Waals surface area contributed by atoms with E-state index in [0.29, 0.717) is 11.8 Å². The molecule has 1 aromatic rings. The molecular formula is C15H22ClN. The van der Waals surface area contributed by atoms with Gasteiger partial charge in [-0.05, 0) is 43.2 Å². The second-order valence-electron chi connectivity index (χ2n) is 5.06. The summed E-state index contributed by atoms with van der Waals surface area (Å²) < 4.78 is 37.9. The molecule has 2 bridgehead atoms. The molecule has 0 spiro atoms. The molecule has 4 atom stereocenters. The highest BCUT2D eigenvalue weighted by molar-refractivity contribution is 5.85. The van der Waals surface area contributed by atoms with Crippen molar-refractivity contribution >= 4 is 12.4 Å². The Kier molecular flexibility index (Phi) is 2.48. The minimum atomic E-state index is -2.64. The van der Waals surface area contributed by atoms with Gasteiger partial charge in [-0.15, -0.1) is 12.4 Å². The maximum absolute atomic E-state index is 7.87. The van der Waals surface area contributed by atoms with E-state index in [1.165, 1.54) is 12.0 Å². The van der Waals surface area contributed by atoms with Gasteiger partial charge in [0.2, 0.25) is 0 Å². The van der Waals surface area contributed by atoms with Crippen molar-refractivity contribution in [2.24, 2.45) is 11.8 Å². The molecule has 0 aliphatic heterocycles. The Balaban J connectivity index is 0.00000176. The van der Waals surface area contributed by atoms with Gasteiger partial charge in [0.15, 0.2) is 0 Å². The monoisotopic (exact) mass is 256 g/mol. The van der Waals surface area contributed by atoms with Gasteiger partial charge in [0.1, 0.15) is 0 Å². The molecule has 94 valence electrons. The highest BCUT2D eigenvalue weighted by Gasteiger charge is 2.47. The van der Waals surface area contributed by atoms with Crippen LogP contribution in [0.4, 0.5) is 0 Å². The summed E-state index contributed by atoms with van der Waals surface area (Å²) in [7, 11) is 0. The highest BCUT2D eigenvalue weighted by Crippen LogP contribution is 2.52. The Morgan fingerprint density at radius 1 is 1.29 bits per heavy atom. The number of benzene rings is 1. The Hall–Kier alpha value is -0.530. The zero-order valence-corrected chi connectivity index (χ0v) is 10.5. The van der Waals surface area contributed by atoms with Gasteiger partial charge in [-0.3, -0.25) is 0 Å². The molecule has 2 aliphatic rings. The predicted molar refractivity (Wildman–Crippen MR) is 74.7 cm³/mol. The summed E-state index contributed by atoms with van der Waals surface area (Å²) in [5.41, 5.74) is 1.20. The zero-order chi connectivity index (χ0) is 15.3. The Bertz CT molecular complexity index is 504. The molecule has 2 aliphatic carbocycles. The third-order valence-corrected chi connectivity index (χ3v) is 4.34. The third kappa shape index (κ3) is 2.23. The van der Waals surface area contributed by atoms with E-state index in [-0.39, 0.29) is 24.4 Å². The predicted octanol–water partition coefficient (Wildman–Crippen LogP) is 3.60. The minimum Gasteiger partial charge on any atom is -0.313 e. The molecule has 4 unspecified atom stereocenters. The van der Waals surface area contributed by atoms with E-state index in [9.17, 15) is 0 Å². The molecule has 0 amide bonds. The van der Waals surface area contributed by atoms with Crippen molar-refractivity contribution in [3.63, 3.8) is 0 Å². The summed E-state index contributed by atoms with van der Waals surface area (Å²) in [5.74, 6) is 1.15. The van der Waals surface area contributed by atoms with E-state index in [0.717, 1.165) is 12.8 Å². The van der Waals surface area contributed by atoms with Crippen molar-refractivity contribution in [1.29, 1.82) is 0 Å². The molecule has 1 aromatic carbocycles. The van der Waals surface area contributed by atoms with Gasteiger partial charge in [-0.25, -0.2) is 0 Å². The first-order valence-electron chi connectivity index (χ1n) is 8.62. The first-order chi connectivity index (χ1) is 9.79. The topological polar surface area (TPSA) is 12.0 Å². The molecule has 0 aromatic heterocycles. The standard InChI is InChI=1S/C15H21N.ClH/c1-2-16-15-13-9-8-12(10-13)14(15)11-6-4-3-5-7-11;/h3-7,12-16H,2,8-10H2,1H3;1H/i1D3,2D2;. The Labute approximate surface area is 117 Å². The average Bonchev–Trinajstić information content (AvgIpc) is 2.99. The fourth-order valence-electron chi connectivity index (χ4n) is 3.74. The fraction of sp³-hybridized carbons (Fsp3) is 0.600. The molecular weight excluding hydrogens is 230 g/mol. The van der Waals surface area contributed by atoms with Crippen molar-refractivity contribution in [2.75, 3.05) is 6.50 Å². The van der Waals surface area contributed by atoms with Crippen LogP contribution in [0, 0.1) is 11.8 Å². The number of hydrogen-bond donors (Lipinski definition) is 1. The Morgan fingerprint density at radius 2 is 2.06 bits per heavy atom. The molecule has 1 N–H and O–H groups in total. The molecule has 1 nitrogen and oxygen atoms in total. The van der Waals surface area contributed by atoms with Gasteiger partial charge in [0.25, 0.3) is 0 Å². The van der Waals surface area contributed by atoms with Crippen LogP contribution < -0.4 is 5.32 Å². The van der Waals surface area contributed by atoms with Crippen molar-refractivity contribution in [3.05, 3.63) is 35.9 Å². The van der Waals surface area contributed by atoms with Gasteiger partial charge in [0.05, 0.1) is 0 Å². The summed E-state index contributed by atoms with van der Waals surface area (Å²) in [6, 6.07) is 10.0. The van der Waals surface area contributed by atoms with Crippen LogP contribution in [0.3, 0.4) is 0 Å². The minimum absolute atomic E-state index is 0. The quantitative estimate of drug-likeness (QED) is 0.872. The third-order valence-electron chi connectivity index (χ3n) is 4.34. The first kappa shape index (κ1) is 7.81. The van der Waals surface area contributed by atoms with Crippen molar-refractivity contribution in [3.8, 4) is 0 Å². The smallest absolute Gasteiger partial charge is 0.0425 e. The molecule has 3 rings (SSSR count). The summed E-state index contributed by atoms with van der Waals surface area (Å²) in [4.78, 5) is 0. The molecule has 0 heterocycles. The maximum Gasteiger partial charge on any atom is 0.0425 e. The summed E-state index contributed by atoms with van der Waals surface area (Å²) in [6.45, 7) is -4.98. The number of likely N-dealkylation sites (N-methyl/N-ethyl adjacent to an activating group) is 1. The van der Waals surface area contributed by atoms with E-state index < -0.39 is 13.3 Å². The molecule has 0 radical (unpaired) electrons. The summed E-state index contributed by atoms with van der Waals surface area (Å²) in [5, 5.41) is 2.85. The first-order valence-corrected chi connectivity index (χ1v) is 6.12. The molecule has 2 saturated carbocycles. The van der Waals surface area contributed by atoms with Crippen LogP contribution in [0.5, 0.6) is 0 Å². The van der Waals surface area contributed by atoms with Gasteiger partial charge >= 0.3 is 0 Å². The van der Waals surface area contributed by atoms with Crippen LogP contribution in [0.2, 0.25) is 0 Å². The zero-order valence-electron chi connectivity index (χ0n) is 14.7. The van der Waals surface area contributed by atoms with E-state index in [2.05, 4.69) is 17.4 Å². The molecule has 2 heteroatoms. The number of nitrogens with one attached hydrogen (secondary N) is 1. The molecule has 2 fully saturated rings. The van der Waals surface area contributed by atoms with Crippen LogP contribution in [-0.4, -0.2) is 12.5 Å². The van der Waals surface area contributed by atoms with E-state index in [1.807, 2.05) is 18.2 Å². The lowest BCUT2D eigenvalue weighted by Gasteiger charge is -2.32. The van der Waals surface area contributed by atoms with Crippen molar-refractivity contribution in [2.45, 2.75) is 38.1 Å². The second kappa shape index (κ2) is 5.41. The van der Waals surface area contributed by atoms with E-state index in [1.54, 1.807) is 0 Å². The van der Waals surface area contributed by atoms with Gasteiger partial charge < -0.3 is 5.32 Å². The van der Waals surface area contributed by atoms with Crippen LogP contribution >= 0.6 is 12.4 Å². The highest BCUT2D eigenvalue weighted by atomic mass is 35.5. The second-order valence-corrected chi connectivity index (χ2v) is 5.06. The molecule has 17 heavy (non-hydrogen) atoms. The van der Waals surface area contributed by atoms with Crippen molar-refractivity contribution < 1.29 is 6.85 Å². The average molecular weight is 257 g/mol. The normalized spacial score (nSPS) is 40.6.